The Morgan fingerprint density at radius 3 is 3.07 bits per heavy atom. The van der Waals surface area contributed by atoms with Crippen LogP contribution in [-0.2, 0) is 6.42 Å². The normalized spacial score (nSPS) is 16.1. The van der Waals surface area contributed by atoms with Crippen molar-refractivity contribution >= 4 is 11.0 Å². The number of imidazole rings is 1. The molecule has 2 aromatic heterocycles. The highest BCUT2D eigenvalue weighted by atomic mass is 16.3. The molecule has 0 aliphatic heterocycles. The van der Waals surface area contributed by atoms with E-state index >= 15 is 0 Å². The molecule has 1 aliphatic rings. The van der Waals surface area contributed by atoms with Crippen molar-refractivity contribution in [2.45, 2.75) is 25.3 Å². The van der Waals surface area contributed by atoms with E-state index in [1.165, 1.54) is 12.8 Å². The SMILES string of the molecule is OCCc1nc2cnccc2n1C1CC1. The van der Waals surface area contributed by atoms with Crippen LogP contribution < -0.4 is 0 Å². The van der Waals surface area contributed by atoms with E-state index in [9.17, 15) is 0 Å². The largest absolute Gasteiger partial charge is 0.396 e. The molecule has 0 aromatic carbocycles. The number of hydrogen-bond acceptors (Lipinski definition) is 3. The number of aromatic nitrogens is 3. The summed E-state index contributed by atoms with van der Waals surface area (Å²) < 4.78 is 2.26. The molecule has 2 heterocycles. The summed E-state index contributed by atoms with van der Waals surface area (Å²) in [5.41, 5.74) is 2.09. The zero-order valence-corrected chi connectivity index (χ0v) is 8.43. The Morgan fingerprint density at radius 1 is 1.47 bits per heavy atom. The van der Waals surface area contributed by atoms with E-state index in [1.807, 2.05) is 6.07 Å². The third kappa shape index (κ3) is 1.41. The molecule has 1 saturated carbocycles. The Balaban J connectivity index is 2.19. The van der Waals surface area contributed by atoms with Crippen molar-refractivity contribution in [2.24, 2.45) is 0 Å². The monoisotopic (exact) mass is 203 g/mol. The van der Waals surface area contributed by atoms with E-state index in [-0.39, 0.29) is 6.61 Å². The van der Waals surface area contributed by atoms with Gasteiger partial charge in [0.15, 0.2) is 0 Å². The van der Waals surface area contributed by atoms with Crippen LogP contribution in [0.15, 0.2) is 18.5 Å². The molecule has 0 bridgehead atoms. The van der Waals surface area contributed by atoms with Crippen LogP contribution in [0.2, 0.25) is 0 Å². The number of nitrogens with zero attached hydrogens (tertiary/aromatic N) is 3. The Bertz CT molecular complexity index is 488. The fraction of sp³-hybridized carbons (Fsp3) is 0.455. The van der Waals surface area contributed by atoms with Gasteiger partial charge in [0.25, 0.3) is 0 Å². The topological polar surface area (TPSA) is 50.9 Å². The number of hydrogen-bond donors (Lipinski definition) is 1. The molecule has 0 spiro atoms. The van der Waals surface area contributed by atoms with E-state index < -0.39 is 0 Å². The van der Waals surface area contributed by atoms with Gasteiger partial charge < -0.3 is 9.67 Å². The van der Waals surface area contributed by atoms with Gasteiger partial charge in [-0.3, -0.25) is 4.98 Å². The molecule has 1 N–H and O–H groups in total. The molecule has 15 heavy (non-hydrogen) atoms. The second-order valence-corrected chi connectivity index (χ2v) is 3.97. The smallest absolute Gasteiger partial charge is 0.112 e. The summed E-state index contributed by atoms with van der Waals surface area (Å²) in [4.78, 5) is 8.57. The molecule has 3 rings (SSSR count). The highest BCUT2D eigenvalue weighted by Crippen LogP contribution is 2.38. The van der Waals surface area contributed by atoms with Gasteiger partial charge in [0, 0.05) is 18.7 Å². The maximum Gasteiger partial charge on any atom is 0.112 e. The van der Waals surface area contributed by atoms with Gasteiger partial charge in [-0.25, -0.2) is 4.98 Å². The lowest BCUT2D eigenvalue weighted by Gasteiger charge is -2.05. The molecule has 2 aromatic rings. The minimum atomic E-state index is 0.156. The molecule has 0 unspecified atom stereocenters. The molecule has 1 fully saturated rings. The van der Waals surface area contributed by atoms with Gasteiger partial charge in [-0.2, -0.15) is 0 Å². The minimum Gasteiger partial charge on any atom is -0.396 e. The zero-order valence-electron chi connectivity index (χ0n) is 8.43. The van der Waals surface area contributed by atoms with Gasteiger partial charge in [0.2, 0.25) is 0 Å². The van der Waals surface area contributed by atoms with Crippen LogP contribution in [0.25, 0.3) is 11.0 Å². The summed E-state index contributed by atoms with van der Waals surface area (Å²) in [5, 5.41) is 9.00. The van der Waals surface area contributed by atoms with Crippen LogP contribution in [0, 0.1) is 0 Å². The van der Waals surface area contributed by atoms with Crippen LogP contribution in [0.5, 0.6) is 0 Å². The van der Waals surface area contributed by atoms with Crippen LogP contribution >= 0.6 is 0 Å². The third-order valence-electron chi connectivity index (χ3n) is 2.81. The first kappa shape index (κ1) is 8.85. The van der Waals surface area contributed by atoms with Crippen molar-refractivity contribution in [1.29, 1.82) is 0 Å². The fourth-order valence-corrected chi connectivity index (χ4v) is 2.02. The van der Waals surface area contributed by atoms with Gasteiger partial charge in [0.05, 0.1) is 18.3 Å². The van der Waals surface area contributed by atoms with E-state index in [2.05, 4.69) is 14.5 Å². The average molecular weight is 203 g/mol. The second kappa shape index (κ2) is 3.31. The van der Waals surface area contributed by atoms with Gasteiger partial charge in [0.1, 0.15) is 11.3 Å². The summed E-state index contributed by atoms with van der Waals surface area (Å²) >= 11 is 0. The summed E-state index contributed by atoms with van der Waals surface area (Å²) in [6, 6.07) is 2.60. The lowest BCUT2D eigenvalue weighted by Crippen LogP contribution is -2.03. The highest BCUT2D eigenvalue weighted by molar-refractivity contribution is 5.75. The van der Waals surface area contributed by atoms with Crippen LogP contribution in [-0.4, -0.2) is 26.2 Å². The standard InChI is InChI=1S/C11H13N3O/c15-6-4-11-13-9-7-12-5-3-10(9)14(11)8-1-2-8/h3,5,7-8,15H,1-2,4,6H2. The maximum absolute atomic E-state index is 9.00. The first-order valence-electron chi connectivity index (χ1n) is 5.32. The summed E-state index contributed by atoms with van der Waals surface area (Å²) in [7, 11) is 0. The van der Waals surface area contributed by atoms with E-state index in [4.69, 9.17) is 5.11 Å². The Kier molecular flexibility index (Phi) is 1.95. The number of aliphatic hydroxyl groups is 1. The molecule has 0 atom stereocenters. The predicted octanol–water partition coefficient (Wildman–Crippen LogP) is 1.30. The number of fused-ring (bicyclic) bond motifs is 1. The van der Waals surface area contributed by atoms with E-state index in [1.54, 1.807) is 12.4 Å². The molecule has 4 heteroatoms. The van der Waals surface area contributed by atoms with Gasteiger partial charge in [-0.15, -0.1) is 0 Å². The molecule has 0 radical (unpaired) electrons. The molecule has 0 saturated heterocycles. The van der Waals surface area contributed by atoms with Crippen molar-refractivity contribution in [3.63, 3.8) is 0 Å². The van der Waals surface area contributed by atoms with Crippen molar-refractivity contribution in [2.75, 3.05) is 6.61 Å². The molecule has 78 valence electrons. The van der Waals surface area contributed by atoms with Crippen LogP contribution in [0.3, 0.4) is 0 Å². The quantitative estimate of drug-likeness (QED) is 0.818. The van der Waals surface area contributed by atoms with E-state index in [0.29, 0.717) is 12.5 Å². The minimum absolute atomic E-state index is 0.156. The van der Waals surface area contributed by atoms with E-state index in [0.717, 1.165) is 16.9 Å². The number of pyridine rings is 1. The molecule has 0 amide bonds. The second-order valence-electron chi connectivity index (χ2n) is 3.97. The molecule has 1 aliphatic carbocycles. The van der Waals surface area contributed by atoms with Crippen LogP contribution in [0.1, 0.15) is 24.7 Å². The van der Waals surface area contributed by atoms with Crippen molar-refractivity contribution in [3.8, 4) is 0 Å². The van der Waals surface area contributed by atoms with Gasteiger partial charge in [-0.1, -0.05) is 0 Å². The van der Waals surface area contributed by atoms with Crippen molar-refractivity contribution in [3.05, 3.63) is 24.3 Å². The Morgan fingerprint density at radius 2 is 2.33 bits per heavy atom. The number of aliphatic hydroxyl groups excluding tert-OH is 1. The Hall–Kier alpha value is -1.42. The maximum atomic E-state index is 9.00. The zero-order chi connectivity index (χ0) is 10.3. The average Bonchev–Trinajstić information content (AvgIpc) is 3.01. The lowest BCUT2D eigenvalue weighted by molar-refractivity contribution is 0.295. The lowest BCUT2D eigenvalue weighted by atomic mass is 10.4. The molecular weight excluding hydrogens is 190 g/mol. The summed E-state index contributed by atoms with van der Waals surface area (Å²) in [5.74, 6) is 0.989. The number of rotatable bonds is 3. The van der Waals surface area contributed by atoms with Crippen molar-refractivity contribution < 1.29 is 5.11 Å². The Labute approximate surface area is 87.6 Å². The first-order valence-corrected chi connectivity index (χ1v) is 5.32. The predicted molar refractivity (Wildman–Crippen MR) is 56.6 cm³/mol. The summed E-state index contributed by atoms with van der Waals surface area (Å²) in [6.07, 6.45) is 6.67. The molecular formula is C11H13N3O. The molecule has 4 nitrogen and oxygen atoms in total. The fourth-order valence-electron chi connectivity index (χ4n) is 2.02. The van der Waals surface area contributed by atoms with Gasteiger partial charge in [-0.05, 0) is 18.9 Å². The van der Waals surface area contributed by atoms with Gasteiger partial charge >= 0.3 is 0 Å². The van der Waals surface area contributed by atoms with Crippen LogP contribution in [0.4, 0.5) is 0 Å². The highest BCUT2D eigenvalue weighted by Gasteiger charge is 2.27. The van der Waals surface area contributed by atoms with Crippen molar-refractivity contribution in [1.82, 2.24) is 14.5 Å². The first-order chi connectivity index (χ1) is 7.40. The summed E-state index contributed by atoms with van der Waals surface area (Å²) in [6.45, 7) is 0.156. The third-order valence-corrected chi connectivity index (χ3v) is 2.81.